The molecule has 3 aliphatic heterocycles. The van der Waals surface area contributed by atoms with Gasteiger partial charge in [-0.2, -0.15) is 0 Å². The van der Waals surface area contributed by atoms with E-state index in [0.29, 0.717) is 0 Å². The number of esters is 6. The Bertz CT molecular complexity index is 1950. The van der Waals surface area contributed by atoms with Crippen molar-refractivity contribution >= 4 is 47.8 Å². The summed E-state index contributed by atoms with van der Waals surface area (Å²) in [6.07, 6.45) is -9.40. The molecule has 26 heteroatoms. The predicted molar refractivity (Wildman–Crippen MR) is 267 cm³/mol. The van der Waals surface area contributed by atoms with Crippen LogP contribution in [0.15, 0.2) is 30.3 Å². The van der Waals surface area contributed by atoms with Crippen molar-refractivity contribution in [1.29, 1.82) is 0 Å². The first-order chi connectivity index (χ1) is 36.8. The van der Waals surface area contributed by atoms with Crippen molar-refractivity contribution < 1.29 is 126 Å². The Balaban J connectivity index is 0.000000588. The molecule has 26 nitrogen and oxygen atoms in total. The number of hydrogen-bond acceptors (Lipinski definition) is 24. The normalized spacial score (nSPS) is 28.2. The molecule has 3 fully saturated rings. The number of carboxylic acids is 2. The van der Waals surface area contributed by atoms with Crippen LogP contribution >= 0.6 is 0 Å². The third-order valence-corrected chi connectivity index (χ3v) is 12.6. The van der Waals surface area contributed by atoms with Crippen LogP contribution < -0.4 is 0 Å². The molecule has 0 amide bonds. The highest BCUT2D eigenvalue weighted by Crippen LogP contribution is 2.34. The number of carbonyl (C=O) groups is 8. The van der Waals surface area contributed by atoms with Gasteiger partial charge in [0.25, 0.3) is 0 Å². The van der Waals surface area contributed by atoms with Gasteiger partial charge in [-0.1, -0.05) is 58.0 Å². The zero-order valence-corrected chi connectivity index (χ0v) is 46.1. The van der Waals surface area contributed by atoms with Crippen molar-refractivity contribution in [2.75, 3.05) is 46.8 Å². The second-order valence-electron chi connectivity index (χ2n) is 18.4. The number of aliphatic carboxylic acids is 2. The van der Waals surface area contributed by atoms with Gasteiger partial charge >= 0.3 is 47.8 Å². The first kappa shape index (κ1) is 70.6. The van der Waals surface area contributed by atoms with E-state index < -0.39 is 103 Å². The van der Waals surface area contributed by atoms with Crippen LogP contribution in [-0.2, 0) is 102 Å². The molecule has 1 aromatic rings. The summed E-state index contributed by atoms with van der Waals surface area (Å²) < 4.78 is 63.4. The maximum atomic E-state index is 11.9. The van der Waals surface area contributed by atoms with E-state index in [9.17, 15) is 53.7 Å². The summed E-state index contributed by atoms with van der Waals surface area (Å²) in [6.45, 7) is 15.7. The van der Waals surface area contributed by atoms with Crippen LogP contribution in [0.4, 0.5) is 0 Å². The van der Waals surface area contributed by atoms with Gasteiger partial charge in [0.2, 0.25) is 0 Å². The number of aliphatic hydroxyl groups excluding tert-OH is 4. The lowest BCUT2D eigenvalue weighted by molar-refractivity contribution is -0.293. The second-order valence-corrected chi connectivity index (χ2v) is 18.4. The molecule has 0 aliphatic carbocycles. The van der Waals surface area contributed by atoms with E-state index in [1.165, 1.54) is 20.8 Å². The zero-order valence-electron chi connectivity index (χ0n) is 46.1. The topological polar surface area (TPSA) is 369 Å². The summed E-state index contributed by atoms with van der Waals surface area (Å²) in [4.78, 5) is 89.6. The average molecular weight is 1120 g/mol. The zero-order chi connectivity index (χ0) is 59.1. The molecule has 6 N–H and O–H groups in total. The van der Waals surface area contributed by atoms with Crippen LogP contribution in [0, 0.1) is 23.7 Å². The lowest BCUT2D eigenvalue weighted by Gasteiger charge is -2.42. The van der Waals surface area contributed by atoms with Gasteiger partial charge in [0, 0.05) is 32.8 Å². The Morgan fingerprint density at radius 2 is 0.782 bits per heavy atom. The number of carboxylic acid groups (broad SMARTS) is 2. The van der Waals surface area contributed by atoms with Gasteiger partial charge in [0.15, 0.2) is 31.1 Å². The molecule has 446 valence electrons. The fourth-order valence-corrected chi connectivity index (χ4v) is 7.46. The summed E-state index contributed by atoms with van der Waals surface area (Å²) >= 11 is 0. The highest BCUT2D eigenvalue weighted by molar-refractivity contribution is 5.72. The molecule has 6 unspecified atom stereocenters. The number of aliphatic hydroxyl groups is 4. The SMILES string of the molecule is CC(=O)OC1[C@H](OCCC(=O)OCCC(=O)O)OC(C)[C@H](C)[C@@H]1C.CC(=O)OC1[C@H](OCCC(=O)OCCC(=O)OCc2ccccc2)OC(C)[C@H](C)[C@@H]1C.CC1O[C@@H](OCCC(=O)OCCC(=O)O)C(O)[C@@H](O)[C@H]1O.CO. The molecule has 0 radical (unpaired) electrons. The van der Waals surface area contributed by atoms with Gasteiger partial charge in [0.05, 0.1) is 76.7 Å². The summed E-state index contributed by atoms with van der Waals surface area (Å²) in [5.74, 6) is -4.58. The largest absolute Gasteiger partial charge is 0.481 e. The summed E-state index contributed by atoms with van der Waals surface area (Å²) in [5, 5.41) is 52.5. The van der Waals surface area contributed by atoms with E-state index in [4.69, 9.17) is 67.4 Å². The first-order valence-corrected chi connectivity index (χ1v) is 25.6. The summed E-state index contributed by atoms with van der Waals surface area (Å²) in [7, 11) is 1.00. The minimum atomic E-state index is -1.43. The van der Waals surface area contributed by atoms with Crippen LogP contribution in [-0.4, -0.2) is 193 Å². The van der Waals surface area contributed by atoms with Crippen LogP contribution in [0.5, 0.6) is 0 Å². The van der Waals surface area contributed by atoms with E-state index in [2.05, 4.69) is 4.74 Å². The van der Waals surface area contributed by atoms with E-state index >= 15 is 0 Å². The molecule has 0 saturated carbocycles. The van der Waals surface area contributed by atoms with Gasteiger partial charge < -0.3 is 87.5 Å². The Morgan fingerprint density at radius 3 is 1.17 bits per heavy atom. The van der Waals surface area contributed by atoms with Crippen molar-refractivity contribution in [2.45, 2.75) is 175 Å². The molecule has 3 saturated heterocycles. The van der Waals surface area contributed by atoms with Gasteiger partial charge in [0.1, 0.15) is 44.7 Å². The Kier molecular flexibility index (Phi) is 34.6. The third kappa shape index (κ3) is 27.4. The van der Waals surface area contributed by atoms with E-state index in [0.717, 1.165) is 12.7 Å². The lowest BCUT2D eigenvalue weighted by atomic mass is 9.84. The maximum Gasteiger partial charge on any atom is 0.309 e. The lowest BCUT2D eigenvalue weighted by Crippen LogP contribution is -2.57. The molecule has 3 aliphatic rings. The second kappa shape index (κ2) is 38.2. The molecule has 4 rings (SSSR count). The van der Waals surface area contributed by atoms with Gasteiger partial charge in [-0.05, 0) is 38.2 Å². The van der Waals surface area contributed by atoms with Gasteiger partial charge in [-0.15, -0.1) is 0 Å². The molecular weight excluding hydrogens is 1040 g/mol. The molecule has 0 aromatic heterocycles. The highest BCUT2D eigenvalue weighted by atomic mass is 16.7. The number of ether oxygens (including phenoxy) is 12. The number of rotatable bonds is 25. The van der Waals surface area contributed by atoms with Crippen molar-refractivity contribution in [1.82, 2.24) is 0 Å². The summed E-state index contributed by atoms with van der Waals surface area (Å²) in [6, 6.07) is 9.32. The van der Waals surface area contributed by atoms with Crippen LogP contribution in [0.1, 0.15) is 106 Å². The third-order valence-electron chi connectivity index (χ3n) is 12.6. The molecule has 0 spiro atoms. The molecule has 3 heterocycles. The van der Waals surface area contributed by atoms with Crippen LogP contribution in [0.2, 0.25) is 0 Å². The van der Waals surface area contributed by atoms with Crippen molar-refractivity contribution in [3.63, 3.8) is 0 Å². The molecular formula is C52H82O26. The fraction of sp³-hybridized carbons (Fsp3) is 0.731. The highest BCUT2D eigenvalue weighted by Gasteiger charge is 2.45. The fourth-order valence-electron chi connectivity index (χ4n) is 7.46. The summed E-state index contributed by atoms with van der Waals surface area (Å²) in [5.41, 5.74) is 0.889. The van der Waals surface area contributed by atoms with E-state index in [1.54, 1.807) is 0 Å². The number of carbonyl (C=O) groups excluding carboxylic acids is 6. The minimum absolute atomic E-state index is 0.00989. The van der Waals surface area contributed by atoms with Crippen molar-refractivity contribution in [3.05, 3.63) is 35.9 Å². The first-order valence-electron chi connectivity index (χ1n) is 25.6. The van der Waals surface area contributed by atoms with Crippen LogP contribution in [0.3, 0.4) is 0 Å². The van der Waals surface area contributed by atoms with Crippen molar-refractivity contribution in [2.24, 2.45) is 23.7 Å². The number of benzene rings is 1. The predicted octanol–water partition coefficient (Wildman–Crippen LogP) is 2.23. The number of hydrogen-bond donors (Lipinski definition) is 6. The minimum Gasteiger partial charge on any atom is -0.481 e. The van der Waals surface area contributed by atoms with E-state index in [-0.39, 0.29) is 121 Å². The molecule has 0 bridgehead atoms. The standard InChI is InChI=1S/C23H32O8.C16H26O8.C12H20O9.CH4O/c1-15-16(2)22(31-18(4)24)23(30-17(15)3)28-13-11-20(25)27-12-10-21(26)29-14-19-8-6-5-7-9-19;1-9-10(2)15(24-12(4)17)16(23-11(9)3)22-8-6-14(20)21-7-5-13(18)19;1-6-9(16)10(17)11(18)12(21-6)20-5-3-8(15)19-4-2-7(13)14;1-2/h5-9,15-17,22-23H,10-14H2,1-4H3;9-11,15-16H,5-8H2,1-4H3,(H,18,19);6,9-12,16-18H,2-5H2,1H3,(H,13,14);2H,1H3/t15-,16+,17?,22?,23-;9-,10+,11?,15?,16-;6?,9-,10-,11?,12+;/m110./s1. The average Bonchev–Trinajstić information content (AvgIpc) is 3.38. The maximum absolute atomic E-state index is 11.9. The van der Waals surface area contributed by atoms with Gasteiger partial charge in [-0.3, -0.25) is 38.4 Å². The van der Waals surface area contributed by atoms with Crippen LogP contribution in [0.25, 0.3) is 0 Å². The van der Waals surface area contributed by atoms with Gasteiger partial charge in [-0.25, -0.2) is 0 Å². The van der Waals surface area contributed by atoms with E-state index in [1.807, 2.05) is 71.9 Å². The molecule has 15 atom stereocenters. The molecule has 1 aromatic carbocycles. The monoisotopic (exact) mass is 1120 g/mol. The smallest absolute Gasteiger partial charge is 0.309 e. The Hall–Kier alpha value is -5.42. The Labute approximate surface area is 454 Å². The quantitative estimate of drug-likeness (QED) is 0.0604. The molecule has 78 heavy (non-hydrogen) atoms. The van der Waals surface area contributed by atoms with Crippen molar-refractivity contribution in [3.8, 4) is 0 Å². The Morgan fingerprint density at radius 1 is 0.436 bits per heavy atom.